The fourth-order valence-corrected chi connectivity index (χ4v) is 2.57. The van der Waals surface area contributed by atoms with E-state index in [9.17, 15) is 4.79 Å². The topological polar surface area (TPSA) is 80.9 Å². The van der Waals surface area contributed by atoms with Crippen LogP contribution < -0.4 is 11.1 Å². The van der Waals surface area contributed by atoms with Crippen molar-refractivity contribution < 1.29 is 4.79 Å². The van der Waals surface area contributed by atoms with Gasteiger partial charge in [-0.15, -0.1) is 0 Å². The van der Waals surface area contributed by atoms with E-state index in [1.165, 1.54) is 6.20 Å². The van der Waals surface area contributed by atoms with E-state index >= 15 is 0 Å². The van der Waals surface area contributed by atoms with Crippen molar-refractivity contribution in [2.24, 2.45) is 17.6 Å². The first-order valence-corrected chi connectivity index (χ1v) is 6.58. The van der Waals surface area contributed by atoms with Gasteiger partial charge in [0.2, 0.25) is 11.9 Å². The van der Waals surface area contributed by atoms with Gasteiger partial charge in [0.15, 0.2) is 0 Å². The SMILES string of the molecule is NCC1CCCCC1C(=O)Nc1nccc(Cl)n1. The third-order valence-electron chi connectivity index (χ3n) is 3.41. The molecule has 1 aromatic rings. The number of halogens is 1. The number of amides is 1. The van der Waals surface area contributed by atoms with Gasteiger partial charge >= 0.3 is 0 Å². The second kappa shape index (κ2) is 6.11. The van der Waals surface area contributed by atoms with Crippen molar-refractivity contribution in [3.63, 3.8) is 0 Å². The molecule has 0 radical (unpaired) electrons. The first-order chi connectivity index (χ1) is 8.70. The molecular weight excluding hydrogens is 252 g/mol. The minimum absolute atomic E-state index is 0.0358. The molecule has 0 spiro atoms. The Labute approximate surface area is 111 Å². The lowest BCUT2D eigenvalue weighted by Gasteiger charge is -2.29. The van der Waals surface area contributed by atoms with E-state index in [1.54, 1.807) is 6.07 Å². The highest BCUT2D eigenvalue weighted by molar-refractivity contribution is 6.29. The molecular formula is C12H17ClN4O. The minimum atomic E-state index is -0.0487. The van der Waals surface area contributed by atoms with Crippen LogP contribution >= 0.6 is 11.6 Å². The monoisotopic (exact) mass is 268 g/mol. The Kier molecular flexibility index (Phi) is 4.49. The van der Waals surface area contributed by atoms with Crippen molar-refractivity contribution in [2.45, 2.75) is 25.7 Å². The fourth-order valence-electron chi connectivity index (χ4n) is 2.43. The lowest BCUT2D eigenvalue weighted by molar-refractivity contribution is -0.122. The number of carbonyl (C=O) groups excluding carboxylic acids is 1. The lowest BCUT2D eigenvalue weighted by Crippen LogP contribution is -2.36. The molecule has 5 nitrogen and oxygen atoms in total. The number of anilines is 1. The summed E-state index contributed by atoms with van der Waals surface area (Å²) in [5, 5.41) is 3.03. The Hall–Kier alpha value is -1.20. The van der Waals surface area contributed by atoms with Crippen LogP contribution in [0.1, 0.15) is 25.7 Å². The molecule has 18 heavy (non-hydrogen) atoms. The van der Waals surface area contributed by atoms with Crippen LogP contribution in [0.3, 0.4) is 0 Å². The molecule has 1 heterocycles. The normalized spacial score (nSPS) is 23.7. The third-order valence-corrected chi connectivity index (χ3v) is 3.62. The molecule has 1 aliphatic carbocycles. The number of nitrogens with two attached hydrogens (primary N) is 1. The van der Waals surface area contributed by atoms with Crippen LogP contribution in [-0.2, 0) is 4.79 Å². The van der Waals surface area contributed by atoms with Gasteiger partial charge in [-0.1, -0.05) is 24.4 Å². The first kappa shape index (κ1) is 13.2. The second-order valence-corrected chi connectivity index (χ2v) is 4.97. The molecule has 0 bridgehead atoms. The summed E-state index contributed by atoms with van der Waals surface area (Å²) in [6.45, 7) is 0.550. The average Bonchev–Trinajstić information content (AvgIpc) is 2.38. The predicted molar refractivity (Wildman–Crippen MR) is 70.2 cm³/mol. The average molecular weight is 269 g/mol. The number of nitrogens with one attached hydrogen (secondary N) is 1. The number of hydrogen-bond donors (Lipinski definition) is 2. The second-order valence-electron chi connectivity index (χ2n) is 4.58. The number of carbonyl (C=O) groups is 1. The quantitative estimate of drug-likeness (QED) is 0.820. The molecule has 3 N–H and O–H groups in total. The summed E-state index contributed by atoms with van der Waals surface area (Å²) in [5.74, 6) is 0.436. The zero-order valence-corrected chi connectivity index (χ0v) is 10.9. The molecule has 2 atom stereocenters. The molecule has 2 rings (SSSR count). The van der Waals surface area contributed by atoms with Crippen molar-refractivity contribution in [2.75, 3.05) is 11.9 Å². The van der Waals surface area contributed by atoms with Gasteiger partial charge in [0.05, 0.1) is 0 Å². The van der Waals surface area contributed by atoms with Crippen LogP contribution in [0.5, 0.6) is 0 Å². The van der Waals surface area contributed by atoms with E-state index in [0.717, 1.165) is 25.7 Å². The highest BCUT2D eigenvalue weighted by Crippen LogP contribution is 2.30. The molecule has 98 valence electrons. The molecule has 1 fully saturated rings. The highest BCUT2D eigenvalue weighted by Gasteiger charge is 2.30. The Morgan fingerprint density at radius 1 is 1.50 bits per heavy atom. The maximum absolute atomic E-state index is 12.2. The standard InChI is InChI=1S/C12H17ClN4O/c13-10-5-6-15-12(16-10)17-11(18)9-4-2-1-3-8(9)7-14/h5-6,8-9H,1-4,7,14H2,(H,15,16,17,18). The van der Waals surface area contributed by atoms with E-state index in [4.69, 9.17) is 17.3 Å². The third kappa shape index (κ3) is 3.17. The van der Waals surface area contributed by atoms with Crippen LogP contribution in [0, 0.1) is 11.8 Å². The zero-order chi connectivity index (χ0) is 13.0. The van der Waals surface area contributed by atoms with Crippen molar-refractivity contribution in [3.8, 4) is 0 Å². The van der Waals surface area contributed by atoms with E-state index in [2.05, 4.69) is 15.3 Å². The predicted octanol–water partition coefficient (Wildman–Crippen LogP) is 1.83. The molecule has 2 unspecified atom stereocenters. The Morgan fingerprint density at radius 2 is 2.28 bits per heavy atom. The zero-order valence-electron chi connectivity index (χ0n) is 10.1. The van der Waals surface area contributed by atoms with Crippen LogP contribution in [0.15, 0.2) is 12.3 Å². The number of aromatic nitrogens is 2. The molecule has 0 saturated heterocycles. The largest absolute Gasteiger partial charge is 0.330 e. The van der Waals surface area contributed by atoms with Crippen molar-refractivity contribution in [1.82, 2.24) is 9.97 Å². The lowest BCUT2D eigenvalue weighted by atomic mass is 9.79. The Bertz CT molecular complexity index is 426. The van der Waals surface area contributed by atoms with Crippen LogP contribution in [0.4, 0.5) is 5.95 Å². The van der Waals surface area contributed by atoms with E-state index < -0.39 is 0 Å². The summed E-state index contributed by atoms with van der Waals surface area (Å²) >= 11 is 5.75. The van der Waals surface area contributed by atoms with Gasteiger partial charge in [0, 0.05) is 12.1 Å². The Balaban J connectivity index is 2.02. The number of nitrogens with zero attached hydrogens (tertiary/aromatic N) is 2. The summed E-state index contributed by atoms with van der Waals surface area (Å²) in [4.78, 5) is 20.1. The van der Waals surface area contributed by atoms with Crippen LogP contribution in [0.2, 0.25) is 5.15 Å². The van der Waals surface area contributed by atoms with Gasteiger partial charge in [-0.2, -0.15) is 0 Å². The van der Waals surface area contributed by atoms with E-state index in [1.807, 2.05) is 0 Å². The van der Waals surface area contributed by atoms with E-state index in [-0.39, 0.29) is 23.7 Å². The summed E-state index contributed by atoms with van der Waals surface area (Å²) < 4.78 is 0. The molecule has 6 heteroatoms. The number of hydrogen-bond acceptors (Lipinski definition) is 4. The summed E-state index contributed by atoms with van der Waals surface area (Å²) in [7, 11) is 0. The summed E-state index contributed by atoms with van der Waals surface area (Å²) in [6.07, 6.45) is 5.65. The van der Waals surface area contributed by atoms with Crippen molar-refractivity contribution in [3.05, 3.63) is 17.4 Å². The van der Waals surface area contributed by atoms with Gasteiger partial charge < -0.3 is 5.73 Å². The number of rotatable bonds is 3. The first-order valence-electron chi connectivity index (χ1n) is 6.20. The van der Waals surface area contributed by atoms with Gasteiger partial charge in [-0.3, -0.25) is 10.1 Å². The van der Waals surface area contributed by atoms with Gasteiger partial charge in [-0.05, 0) is 31.4 Å². The molecule has 1 amide bonds. The van der Waals surface area contributed by atoms with Crippen molar-refractivity contribution in [1.29, 1.82) is 0 Å². The summed E-state index contributed by atoms with van der Waals surface area (Å²) in [6, 6.07) is 1.57. The van der Waals surface area contributed by atoms with Crippen LogP contribution in [0.25, 0.3) is 0 Å². The summed E-state index contributed by atoms with van der Waals surface area (Å²) in [5.41, 5.74) is 5.72. The smallest absolute Gasteiger partial charge is 0.230 e. The maximum Gasteiger partial charge on any atom is 0.230 e. The van der Waals surface area contributed by atoms with Gasteiger partial charge in [-0.25, -0.2) is 9.97 Å². The molecule has 0 aliphatic heterocycles. The molecule has 0 aromatic carbocycles. The minimum Gasteiger partial charge on any atom is -0.330 e. The van der Waals surface area contributed by atoms with Crippen molar-refractivity contribution >= 4 is 23.5 Å². The molecule has 1 aromatic heterocycles. The fraction of sp³-hybridized carbons (Fsp3) is 0.583. The molecule has 1 aliphatic rings. The van der Waals surface area contributed by atoms with Gasteiger partial charge in [0.25, 0.3) is 0 Å². The highest BCUT2D eigenvalue weighted by atomic mass is 35.5. The van der Waals surface area contributed by atoms with E-state index in [0.29, 0.717) is 11.7 Å². The van der Waals surface area contributed by atoms with Gasteiger partial charge in [0.1, 0.15) is 5.15 Å². The molecule has 1 saturated carbocycles. The maximum atomic E-state index is 12.2. The van der Waals surface area contributed by atoms with Crippen LogP contribution in [-0.4, -0.2) is 22.4 Å². The Morgan fingerprint density at radius 3 is 3.00 bits per heavy atom.